The van der Waals surface area contributed by atoms with Crippen LogP contribution in [0.15, 0.2) is 0 Å². The van der Waals surface area contributed by atoms with Gasteiger partial charge in [-0.3, -0.25) is 0 Å². The molecule has 1 heterocycles. The van der Waals surface area contributed by atoms with Gasteiger partial charge in [0, 0.05) is 19.0 Å². The molecular weight excluding hydrogens is 202 g/mol. The van der Waals surface area contributed by atoms with Gasteiger partial charge in [0.25, 0.3) is 0 Å². The van der Waals surface area contributed by atoms with Crippen molar-refractivity contribution in [3.8, 4) is 0 Å². The van der Waals surface area contributed by atoms with E-state index in [1.807, 2.05) is 14.0 Å². The lowest BCUT2D eigenvalue weighted by Gasteiger charge is -2.03. The number of alkyl halides is 1. The van der Waals surface area contributed by atoms with Crippen molar-refractivity contribution in [2.75, 3.05) is 32.7 Å². The van der Waals surface area contributed by atoms with Gasteiger partial charge in [-0.15, -0.1) is 11.6 Å². The first-order chi connectivity index (χ1) is 6.74. The van der Waals surface area contributed by atoms with Crippen molar-refractivity contribution in [3.05, 3.63) is 0 Å². The van der Waals surface area contributed by atoms with Crippen LogP contribution in [0.25, 0.3) is 0 Å². The quantitative estimate of drug-likeness (QED) is 0.705. The molecule has 1 saturated heterocycles. The van der Waals surface area contributed by atoms with E-state index in [4.69, 9.17) is 21.4 Å². The lowest BCUT2D eigenvalue weighted by Crippen LogP contribution is -2.22. The second-order valence-electron chi connectivity index (χ2n) is 3.50. The Morgan fingerprint density at radius 3 is 2.57 bits per heavy atom. The van der Waals surface area contributed by atoms with Crippen molar-refractivity contribution in [2.24, 2.45) is 5.92 Å². The molecule has 4 heteroatoms. The number of hydrogen-bond donors (Lipinski definition) is 2. The molecule has 86 valence electrons. The minimum absolute atomic E-state index is 0.162. The first kappa shape index (κ1) is 14.2. The van der Waals surface area contributed by atoms with Gasteiger partial charge in [-0.05, 0) is 25.8 Å². The standard InChI is InChI=1S/C5H9ClO.C5H13NO/c6-3-5-1-2-7-4-5;1-3-5(7)4-6-2/h5H,1-4H2;5-7H,3-4H2,1-2H3. The first-order valence-corrected chi connectivity index (χ1v) is 5.74. The predicted molar refractivity (Wildman–Crippen MR) is 59.9 cm³/mol. The highest BCUT2D eigenvalue weighted by atomic mass is 35.5. The fraction of sp³-hybridized carbons (Fsp3) is 1.00. The van der Waals surface area contributed by atoms with Gasteiger partial charge in [0.2, 0.25) is 0 Å². The van der Waals surface area contributed by atoms with Gasteiger partial charge in [-0.25, -0.2) is 0 Å². The molecule has 1 aliphatic heterocycles. The highest BCUT2D eigenvalue weighted by Gasteiger charge is 2.12. The maximum atomic E-state index is 8.80. The zero-order chi connectivity index (χ0) is 10.8. The van der Waals surface area contributed by atoms with Crippen molar-refractivity contribution in [1.82, 2.24) is 5.32 Å². The molecule has 1 fully saturated rings. The summed E-state index contributed by atoms with van der Waals surface area (Å²) in [4.78, 5) is 0. The number of aliphatic hydroxyl groups excluding tert-OH is 1. The third-order valence-electron chi connectivity index (χ3n) is 2.15. The fourth-order valence-corrected chi connectivity index (χ4v) is 1.33. The summed E-state index contributed by atoms with van der Waals surface area (Å²) in [7, 11) is 1.83. The van der Waals surface area contributed by atoms with Crippen LogP contribution in [-0.4, -0.2) is 43.9 Å². The Kier molecular flexibility index (Phi) is 9.83. The number of aliphatic hydroxyl groups is 1. The highest BCUT2D eigenvalue weighted by Crippen LogP contribution is 2.12. The Balaban J connectivity index is 0.000000241. The summed E-state index contributed by atoms with van der Waals surface area (Å²) < 4.78 is 5.06. The third-order valence-corrected chi connectivity index (χ3v) is 2.59. The summed E-state index contributed by atoms with van der Waals surface area (Å²) in [6.45, 7) is 4.46. The van der Waals surface area contributed by atoms with E-state index in [1.165, 1.54) is 0 Å². The number of nitrogens with one attached hydrogen (secondary N) is 1. The van der Waals surface area contributed by atoms with Crippen molar-refractivity contribution in [2.45, 2.75) is 25.9 Å². The zero-order valence-electron chi connectivity index (χ0n) is 9.13. The van der Waals surface area contributed by atoms with Crippen LogP contribution in [0.3, 0.4) is 0 Å². The van der Waals surface area contributed by atoms with E-state index < -0.39 is 0 Å². The Hall–Kier alpha value is 0.170. The van der Waals surface area contributed by atoms with Gasteiger partial charge in [0.05, 0.1) is 12.7 Å². The lowest BCUT2D eigenvalue weighted by atomic mass is 10.2. The molecule has 0 bridgehead atoms. The normalized spacial score (nSPS) is 22.7. The summed E-state index contributed by atoms with van der Waals surface area (Å²) in [6, 6.07) is 0. The second kappa shape index (κ2) is 9.71. The molecule has 3 nitrogen and oxygen atoms in total. The zero-order valence-corrected chi connectivity index (χ0v) is 9.89. The van der Waals surface area contributed by atoms with Crippen LogP contribution in [0.2, 0.25) is 0 Å². The average Bonchev–Trinajstić information content (AvgIpc) is 2.71. The van der Waals surface area contributed by atoms with Crippen molar-refractivity contribution < 1.29 is 9.84 Å². The molecule has 0 aromatic rings. The monoisotopic (exact) mass is 223 g/mol. The summed E-state index contributed by atoms with van der Waals surface area (Å²) in [6.07, 6.45) is 1.83. The summed E-state index contributed by atoms with van der Waals surface area (Å²) >= 11 is 5.53. The van der Waals surface area contributed by atoms with Crippen molar-refractivity contribution in [1.29, 1.82) is 0 Å². The van der Waals surface area contributed by atoms with E-state index in [0.29, 0.717) is 12.5 Å². The molecule has 2 N–H and O–H groups in total. The summed E-state index contributed by atoms with van der Waals surface area (Å²) in [5, 5.41) is 11.7. The van der Waals surface area contributed by atoms with Crippen molar-refractivity contribution in [3.63, 3.8) is 0 Å². The molecule has 14 heavy (non-hydrogen) atoms. The van der Waals surface area contributed by atoms with Gasteiger partial charge in [-0.1, -0.05) is 6.92 Å². The number of ether oxygens (including phenoxy) is 1. The van der Waals surface area contributed by atoms with Crippen LogP contribution in [0.1, 0.15) is 19.8 Å². The molecule has 1 rings (SSSR count). The summed E-state index contributed by atoms with van der Waals surface area (Å²) in [5.74, 6) is 1.40. The van der Waals surface area contributed by atoms with Crippen LogP contribution in [-0.2, 0) is 4.74 Å². The van der Waals surface area contributed by atoms with Gasteiger partial charge in [0.15, 0.2) is 0 Å². The first-order valence-electron chi connectivity index (χ1n) is 5.20. The Morgan fingerprint density at radius 1 is 1.64 bits per heavy atom. The number of hydrogen-bond acceptors (Lipinski definition) is 3. The van der Waals surface area contributed by atoms with Gasteiger partial charge in [0.1, 0.15) is 0 Å². The molecule has 0 aliphatic carbocycles. The third kappa shape index (κ3) is 7.56. The number of rotatable bonds is 4. The maximum Gasteiger partial charge on any atom is 0.0661 e. The number of likely N-dealkylation sites (N-methyl/N-ethyl adjacent to an activating group) is 1. The van der Waals surface area contributed by atoms with Crippen LogP contribution in [0.4, 0.5) is 0 Å². The molecule has 1 aliphatic rings. The Bertz CT molecular complexity index is 119. The molecule has 2 unspecified atom stereocenters. The molecule has 0 aromatic carbocycles. The molecule has 0 amide bonds. The van der Waals surface area contributed by atoms with E-state index in [-0.39, 0.29) is 6.10 Å². The van der Waals surface area contributed by atoms with E-state index in [2.05, 4.69) is 5.32 Å². The SMILES string of the molecule is CCC(O)CNC.ClCC1CCOC1. The van der Waals surface area contributed by atoms with E-state index in [9.17, 15) is 0 Å². The van der Waals surface area contributed by atoms with E-state index in [0.717, 1.165) is 31.9 Å². The largest absolute Gasteiger partial charge is 0.392 e. The second-order valence-corrected chi connectivity index (χ2v) is 3.81. The number of halogens is 1. The fourth-order valence-electron chi connectivity index (χ4n) is 1.08. The van der Waals surface area contributed by atoms with Gasteiger partial charge in [-0.2, -0.15) is 0 Å². The van der Waals surface area contributed by atoms with Crippen LogP contribution in [0, 0.1) is 5.92 Å². The minimum atomic E-state index is -0.162. The molecule has 0 spiro atoms. The van der Waals surface area contributed by atoms with E-state index >= 15 is 0 Å². The molecular formula is C10H22ClNO2. The molecule has 0 radical (unpaired) electrons. The summed E-state index contributed by atoms with van der Waals surface area (Å²) in [5.41, 5.74) is 0. The lowest BCUT2D eigenvalue weighted by molar-refractivity contribution is 0.170. The average molecular weight is 224 g/mol. The molecule has 0 saturated carbocycles. The van der Waals surface area contributed by atoms with E-state index in [1.54, 1.807) is 0 Å². The van der Waals surface area contributed by atoms with Crippen molar-refractivity contribution >= 4 is 11.6 Å². The minimum Gasteiger partial charge on any atom is -0.392 e. The smallest absolute Gasteiger partial charge is 0.0661 e. The van der Waals surface area contributed by atoms with Crippen LogP contribution in [0.5, 0.6) is 0 Å². The Morgan fingerprint density at radius 2 is 2.36 bits per heavy atom. The molecule has 0 aromatic heterocycles. The van der Waals surface area contributed by atoms with Gasteiger partial charge >= 0.3 is 0 Å². The topological polar surface area (TPSA) is 41.5 Å². The van der Waals surface area contributed by atoms with Crippen LogP contribution >= 0.6 is 11.6 Å². The maximum absolute atomic E-state index is 8.80. The Labute approximate surface area is 91.8 Å². The molecule has 2 atom stereocenters. The highest BCUT2D eigenvalue weighted by molar-refractivity contribution is 6.18. The predicted octanol–water partition coefficient (Wildman–Crippen LogP) is 1.24. The van der Waals surface area contributed by atoms with Crippen LogP contribution < -0.4 is 5.32 Å². The van der Waals surface area contributed by atoms with Gasteiger partial charge < -0.3 is 15.2 Å².